The molecular weight excluding hydrogens is 512 g/mol. The van der Waals surface area contributed by atoms with Crippen LogP contribution in [0.25, 0.3) is 0 Å². The molecule has 0 aromatic heterocycles. The standard InChI is InChI=1S/C39H80N2O/c1-8-10-12-14-16-18-20-22-24-26-28-30-32-36(41-37(42)39(5,6)34-38(3,4)35-40-7)33-31-29-27-25-23-21-19-17-15-13-11-9-2/h36,40H,8-35H2,1-7H3,(H,41,42). The van der Waals surface area contributed by atoms with Crippen molar-refractivity contribution in [1.29, 1.82) is 0 Å². The highest BCUT2D eigenvalue weighted by Gasteiger charge is 2.35. The number of carbonyl (C=O) groups is 1. The average Bonchev–Trinajstić information content (AvgIpc) is 2.93. The van der Waals surface area contributed by atoms with Crippen molar-refractivity contribution in [3.8, 4) is 0 Å². The Kier molecular flexibility index (Phi) is 27.6. The number of hydrogen-bond donors (Lipinski definition) is 2. The van der Waals surface area contributed by atoms with Crippen molar-refractivity contribution in [3.63, 3.8) is 0 Å². The van der Waals surface area contributed by atoms with Gasteiger partial charge in [-0.1, -0.05) is 196 Å². The van der Waals surface area contributed by atoms with Crippen molar-refractivity contribution < 1.29 is 4.79 Å². The van der Waals surface area contributed by atoms with E-state index in [0.717, 1.165) is 25.8 Å². The monoisotopic (exact) mass is 593 g/mol. The van der Waals surface area contributed by atoms with Gasteiger partial charge in [0.25, 0.3) is 0 Å². The van der Waals surface area contributed by atoms with Crippen LogP contribution in [0.15, 0.2) is 0 Å². The molecule has 1 amide bonds. The zero-order chi connectivity index (χ0) is 31.4. The Labute approximate surface area is 266 Å². The molecule has 0 aliphatic rings. The molecule has 0 aliphatic heterocycles. The third-order valence-corrected chi connectivity index (χ3v) is 9.34. The van der Waals surface area contributed by atoms with Crippen LogP contribution in [0.1, 0.15) is 215 Å². The minimum absolute atomic E-state index is 0.107. The Hall–Kier alpha value is -0.570. The van der Waals surface area contributed by atoms with Gasteiger partial charge >= 0.3 is 0 Å². The Morgan fingerprint density at radius 3 is 1.14 bits per heavy atom. The average molecular weight is 593 g/mol. The quantitative estimate of drug-likeness (QED) is 0.0763. The molecule has 0 saturated carbocycles. The summed E-state index contributed by atoms with van der Waals surface area (Å²) in [5, 5.41) is 6.85. The topological polar surface area (TPSA) is 41.1 Å². The highest BCUT2D eigenvalue weighted by atomic mass is 16.2. The first-order valence-corrected chi connectivity index (χ1v) is 19.1. The van der Waals surface area contributed by atoms with Gasteiger partial charge in [-0.3, -0.25) is 4.79 Å². The number of carbonyl (C=O) groups excluding carboxylic acids is 1. The van der Waals surface area contributed by atoms with Gasteiger partial charge in [0.05, 0.1) is 0 Å². The molecule has 2 N–H and O–H groups in total. The second kappa shape index (κ2) is 27.9. The lowest BCUT2D eigenvalue weighted by Crippen LogP contribution is -2.45. The van der Waals surface area contributed by atoms with Crippen LogP contribution < -0.4 is 10.6 Å². The molecule has 0 aliphatic carbocycles. The minimum atomic E-state index is -0.342. The van der Waals surface area contributed by atoms with Crippen LogP contribution in [0.5, 0.6) is 0 Å². The summed E-state index contributed by atoms with van der Waals surface area (Å²) in [5.74, 6) is 0.259. The van der Waals surface area contributed by atoms with E-state index in [2.05, 4.69) is 52.2 Å². The van der Waals surface area contributed by atoms with Crippen molar-refractivity contribution in [3.05, 3.63) is 0 Å². The summed E-state index contributed by atoms with van der Waals surface area (Å²) in [4.78, 5) is 13.5. The maximum atomic E-state index is 13.5. The molecule has 252 valence electrons. The number of unbranched alkanes of at least 4 members (excludes halogenated alkanes) is 22. The van der Waals surface area contributed by atoms with Gasteiger partial charge < -0.3 is 10.6 Å². The molecule has 3 nitrogen and oxygen atoms in total. The highest BCUT2D eigenvalue weighted by Crippen LogP contribution is 2.33. The molecule has 0 spiro atoms. The third-order valence-electron chi connectivity index (χ3n) is 9.34. The van der Waals surface area contributed by atoms with Crippen molar-refractivity contribution in [2.75, 3.05) is 13.6 Å². The van der Waals surface area contributed by atoms with Gasteiger partial charge in [0.15, 0.2) is 0 Å². The first-order chi connectivity index (χ1) is 20.2. The summed E-state index contributed by atoms with van der Waals surface area (Å²) in [6.07, 6.45) is 36.5. The van der Waals surface area contributed by atoms with E-state index in [0.29, 0.717) is 6.04 Å². The predicted octanol–water partition coefficient (Wildman–Crippen LogP) is 12.3. The largest absolute Gasteiger partial charge is 0.353 e. The number of hydrogen-bond acceptors (Lipinski definition) is 2. The van der Waals surface area contributed by atoms with E-state index in [-0.39, 0.29) is 16.7 Å². The van der Waals surface area contributed by atoms with Gasteiger partial charge in [-0.05, 0) is 38.3 Å². The first kappa shape index (κ1) is 41.4. The normalized spacial score (nSPS) is 12.4. The summed E-state index contributed by atoms with van der Waals surface area (Å²) in [5.41, 5.74) is -0.234. The van der Waals surface area contributed by atoms with E-state index < -0.39 is 0 Å². The SMILES string of the molecule is CCCCCCCCCCCCCCC(CCCCCCCCCCCCCC)NC(=O)C(C)(C)CC(C)(C)CNC. The molecule has 3 heteroatoms. The van der Waals surface area contributed by atoms with E-state index in [1.54, 1.807) is 0 Å². The zero-order valence-electron chi connectivity index (χ0n) is 30.3. The maximum Gasteiger partial charge on any atom is 0.225 e. The lowest BCUT2D eigenvalue weighted by molar-refractivity contribution is -0.131. The Morgan fingerprint density at radius 1 is 0.524 bits per heavy atom. The summed E-state index contributed by atoms with van der Waals surface area (Å²) in [7, 11) is 2.01. The van der Waals surface area contributed by atoms with Crippen molar-refractivity contribution in [1.82, 2.24) is 10.6 Å². The molecule has 0 heterocycles. The highest BCUT2D eigenvalue weighted by molar-refractivity contribution is 5.82. The van der Waals surface area contributed by atoms with Crippen LogP contribution in [0.2, 0.25) is 0 Å². The summed E-state index contributed by atoms with van der Waals surface area (Å²) in [6, 6.07) is 0.343. The predicted molar refractivity (Wildman–Crippen MR) is 189 cm³/mol. The lowest BCUT2D eigenvalue weighted by Gasteiger charge is -2.35. The summed E-state index contributed by atoms with van der Waals surface area (Å²) < 4.78 is 0. The Balaban J connectivity index is 4.40. The smallest absolute Gasteiger partial charge is 0.225 e. The van der Waals surface area contributed by atoms with Crippen LogP contribution in [0.3, 0.4) is 0 Å². The van der Waals surface area contributed by atoms with Gasteiger partial charge in [0.1, 0.15) is 0 Å². The zero-order valence-corrected chi connectivity index (χ0v) is 30.3. The summed E-state index contributed by atoms with van der Waals surface area (Å²) in [6.45, 7) is 14.4. The fourth-order valence-electron chi connectivity index (χ4n) is 6.95. The van der Waals surface area contributed by atoms with Gasteiger partial charge in [-0.15, -0.1) is 0 Å². The Bertz CT molecular complexity index is 557. The van der Waals surface area contributed by atoms with Crippen molar-refractivity contribution >= 4 is 5.91 Å². The number of rotatable bonds is 32. The maximum absolute atomic E-state index is 13.5. The Morgan fingerprint density at radius 2 is 0.833 bits per heavy atom. The molecule has 0 aromatic carbocycles. The molecule has 0 fully saturated rings. The molecule has 0 radical (unpaired) electrons. The van der Waals surface area contributed by atoms with Crippen molar-refractivity contribution in [2.45, 2.75) is 221 Å². The van der Waals surface area contributed by atoms with E-state index in [9.17, 15) is 4.79 Å². The van der Waals surface area contributed by atoms with Crippen LogP contribution in [-0.4, -0.2) is 25.5 Å². The molecular formula is C39H80N2O. The molecule has 0 unspecified atom stereocenters. The summed E-state index contributed by atoms with van der Waals surface area (Å²) >= 11 is 0. The van der Waals surface area contributed by atoms with Crippen LogP contribution >= 0.6 is 0 Å². The molecule has 0 atom stereocenters. The van der Waals surface area contributed by atoms with Crippen LogP contribution in [-0.2, 0) is 4.79 Å². The second-order valence-corrected chi connectivity index (χ2v) is 15.3. The van der Waals surface area contributed by atoms with E-state index >= 15 is 0 Å². The van der Waals surface area contributed by atoms with Gasteiger partial charge in [0, 0.05) is 11.5 Å². The lowest BCUT2D eigenvalue weighted by atomic mass is 9.74. The molecule has 42 heavy (non-hydrogen) atoms. The molecule has 0 rings (SSSR count). The van der Waals surface area contributed by atoms with Gasteiger partial charge in [0.2, 0.25) is 5.91 Å². The van der Waals surface area contributed by atoms with Crippen LogP contribution in [0, 0.1) is 10.8 Å². The van der Waals surface area contributed by atoms with E-state index in [1.165, 1.54) is 154 Å². The number of amides is 1. The minimum Gasteiger partial charge on any atom is -0.353 e. The second-order valence-electron chi connectivity index (χ2n) is 15.3. The van der Waals surface area contributed by atoms with E-state index in [1.807, 2.05) is 7.05 Å². The first-order valence-electron chi connectivity index (χ1n) is 19.1. The molecule has 0 bridgehead atoms. The molecule has 0 aromatic rings. The van der Waals surface area contributed by atoms with Crippen molar-refractivity contribution in [2.24, 2.45) is 10.8 Å². The fourth-order valence-corrected chi connectivity index (χ4v) is 6.95. The fraction of sp³-hybridized carbons (Fsp3) is 0.974. The molecule has 0 saturated heterocycles. The number of nitrogens with one attached hydrogen (secondary N) is 2. The van der Waals surface area contributed by atoms with Gasteiger partial charge in [-0.2, -0.15) is 0 Å². The van der Waals surface area contributed by atoms with Crippen LogP contribution in [0.4, 0.5) is 0 Å². The van der Waals surface area contributed by atoms with Gasteiger partial charge in [-0.25, -0.2) is 0 Å². The van der Waals surface area contributed by atoms with E-state index in [4.69, 9.17) is 0 Å². The third kappa shape index (κ3) is 25.9.